The fraction of sp³-hybridized carbons (Fsp3) is 0.295. The third-order valence-electron chi connectivity index (χ3n) is 10.2. The molecule has 6 rings (SSSR count). The predicted octanol–water partition coefficient (Wildman–Crippen LogP) is 7.99. The summed E-state index contributed by atoms with van der Waals surface area (Å²) in [6, 6.07) is 48.8. The van der Waals surface area contributed by atoms with Crippen molar-refractivity contribution in [2.45, 2.75) is 75.2 Å². The van der Waals surface area contributed by atoms with Crippen LogP contribution in [0.25, 0.3) is 0 Å². The molecule has 0 amide bonds. The van der Waals surface area contributed by atoms with Crippen LogP contribution < -0.4 is 20.7 Å². The number of rotatable bonds is 11. The van der Waals surface area contributed by atoms with Gasteiger partial charge in [-0.25, -0.2) is 9.18 Å². The number of hydrogen-bond donors (Lipinski definition) is 0. The first-order valence-electron chi connectivity index (χ1n) is 18.0. The van der Waals surface area contributed by atoms with E-state index in [0.717, 1.165) is 20.7 Å². The van der Waals surface area contributed by atoms with Crippen molar-refractivity contribution in [2.75, 3.05) is 6.61 Å². The number of ether oxygens (including phenoxy) is 2. The number of hydrogen-bond acceptors (Lipinski definition) is 5. The van der Waals surface area contributed by atoms with Gasteiger partial charge in [0.1, 0.15) is 12.2 Å². The molecule has 9 heteroatoms. The number of halogens is 2. The molecule has 4 atom stereocenters. The van der Waals surface area contributed by atoms with Crippen LogP contribution in [0.4, 0.5) is 4.39 Å². The maximum absolute atomic E-state index is 17.7. The van der Waals surface area contributed by atoms with Crippen LogP contribution in [0.3, 0.4) is 0 Å². The molecule has 1 fully saturated rings. The fourth-order valence-electron chi connectivity index (χ4n) is 7.68. The highest BCUT2D eigenvalue weighted by Gasteiger charge is 2.65. The van der Waals surface area contributed by atoms with Gasteiger partial charge in [-0.15, -0.1) is 0 Å². The van der Waals surface area contributed by atoms with Crippen molar-refractivity contribution in [3.05, 3.63) is 157 Å². The van der Waals surface area contributed by atoms with E-state index in [1.807, 2.05) is 97.1 Å². The van der Waals surface area contributed by atoms with E-state index in [4.69, 9.17) is 29.9 Å². The van der Waals surface area contributed by atoms with Crippen molar-refractivity contribution in [1.29, 1.82) is 0 Å². The largest absolute Gasteiger partial charge is 0.427 e. The van der Waals surface area contributed by atoms with Crippen LogP contribution in [0, 0.1) is 0 Å². The topological polar surface area (TPSA) is 54.0 Å². The highest BCUT2D eigenvalue weighted by atomic mass is 35.5. The minimum absolute atomic E-state index is 0.0755. The van der Waals surface area contributed by atoms with Crippen molar-refractivity contribution < 1.29 is 27.5 Å². The van der Waals surface area contributed by atoms with Crippen LogP contribution in [0.15, 0.2) is 152 Å². The molecular formula is C44H48ClFO5Si2. The Morgan fingerprint density at radius 3 is 1.38 bits per heavy atom. The molecule has 0 aliphatic carbocycles. The molecule has 0 aromatic heterocycles. The monoisotopic (exact) mass is 766 g/mol. The molecule has 276 valence electrons. The summed E-state index contributed by atoms with van der Waals surface area (Å²) < 4.78 is 44.6. The average Bonchev–Trinajstić information content (AvgIpc) is 3.38. The summed E-state index contributed by atoms with van der Waals surface area (Å²) in [4.78, 5) is 13.4. The Bertz CT molecular complexity index is 1860. The first-order valence-corrected chi connectivity index (χ1v) is 22.2. The van der Waals surface area contributed by atoms with Gasteiger partial charge >= 0.3 is 5.97 Å². The van der Waals surface area contributed by atoms with Gasteiger partial charge in [0.15, 0.2) is 0 Å². The lowest BCUT2D eigenvalue weighted by molar-refractivity contribution is -0.134. The second kappa shape index (κ2) is 15.5. The molecule has 0 spiro atoms. The molecule has 53 heavy (non-hydrogen) atoms. The van der Waals surface area contributed by atoms with Crippen LogP contribution >= 0.6 is 11.6 Å². The van der Waals surface area contributed by atoms with Gasteiger partial charge < -0.3 is 18.3 Å². The van der Waals surface area contributed by atoms with Crippen LogP contribution in [-0.4, -0.2) is 52.8 Å². The Hall–Kier alpha value is -3.90. The lowest BCUT2D eigenvalue weighted by Crippen LogP contribution is -2.70. The fourth-order valence-corrected chi connectivity index (χ4v) is 17.3. The van der Waals surface area contributed by atoms with E-state index in [9.17, 15) is 4.79 Å². The second-order valence-electron chi connectivity index (χ2n) is 15.6. The van der Waals surface area contributed by atoms with Crippen molar-refractivity contribution in [3.8, 4) is 0 Å². The maximum atomic E-state index is 17.7. The first-order chi connectivity index (χ1) is 25.2. The Balaban J connectivity index is 1.49. The molecule has 1 saturated heterocycles. The van der Waals surface area contributed by atoms with E-state index in [-0.39, 0.29) is 17.2 Å². The van der Waals surface area contributed by atoms with Crippen LogP contribution in [-0.2, 0) is 18.3 Å². The lowest BCUT2D eigenvalue weighted by Gasteiger charge is -2.46. The summed E-state index contributed by atoms with van der Waals surface area (Å²) in [7, 11) is -6.53. The number of carbonyl (C=O) groups excluding carboxylic acids is 1. The zero-order valence-electron chi connectivity index (χ0n) is 31.2. The van der Waals surface area contributed by atoms with E-state index in [2.05, 4.69) is 65.8 Å². The van der Waals surface area contributed by atoms with E-state index in [1.54, 1.807) is 30.3 Å². The summed E-state index contributed by atoms with van der Waals surface area (Å²) >= 11 is 7.02. The molecule has 5 aromatic carbocycles. The highest BCUT2D eigenvalue weighted by Crippen LogP contribution is 2.47. The minimum Gasteiger partial charge on any atom is -0.427 e. The van der Waals surface area contributed by atoms with Gasteiger partial charge in [-0.3, -0.25) is 0 Å². The number of benzene rings is 5. The molecule has 0 radical (unpaired) electrons. The standard InChI is InChI=1S/C44H48ClFO5Si2/c1-42(2,3)52(34-24-14-8-15-25-34,35-26-16-9-17-27-35)48-32-38-39(44(45,46)41(49-38)50-40(47)33-22-12-7-13-23-33)51-53(43(4,5)6,36-28-18-10-19-29-36)37-30-20-11-21-31-37/h7-31,38-39,41H,32H2,1-6H3. The normalized spacial score (nSPS) is 20.9. The van der Waals surface area contributed by atoms with E-state index in [0.29, 0.717) is 0 Å². The molecule has 1 aliphatic rings. The minimum atomic E-state index is -3.41. The zero-order chi connectivity index (χ0) is 37.9. The van der Waals surface area contributed by atoms with Gasteiger partial charge in [-0.2, -0.15) is 0 Å². The van der Waals surface area contributed by atoms with E-state index in [1.165, 1.54) is 0 Å². The Labute approximate surface area is 320 Å². The first kappa shape index (κ1) is 38.8. The van der Waals surface area contributed by atoms with Gasteiger partial charge in [0.05, 0.1) is 12.2 Å². The summed E-state index contributed by atoms with van der Waals surface area (Å²) in [6.07, 6.45) is -4.25. The SMILES string of the molecule is CC(C)(C)[Si](OCC1OC(OC(=O)c2ccccc2)C(F)(Cl)C1O[Si](c1ccccc1)(c1ccccc1)C(C)(C)C)(c1ccccc1)c1ccccc1. The van der Waals surface area contributed by atoms with Crippen molar-refractivity contribution in [1.82, 2.24) is 0 Å². The van der Waals surface area contributed by atoms with E-state index >= 15 is 4.39 Å². The predicted molar refractivity (Wildman–Crippen MR) is 216 cm³/mol. The summed E-state index contributed by atoms with van der Waals surface area (Å²) in [5, 5.41) is 0.360. The molecular weight excluding hydrogens is 719 g/mol. The van der Waals surface area contributed by atoms with Gasteiger partial charge in [0, 0.05) is 0 Å². The van der Waals surface area contributed by atoms with Crippen molar-refractivity contribution in [2.24, 2.45) is 0 Å². The van der Waals surface area contributed by atoms with Crippen LogP contribution in [0.2, 0.25) is 10.1 Å². The van der Waals surface area contributed by atoms with Gasteiger partial charge in [0.25, 0.3) is 28.1 Å². The zero-order valence-corrected chi connectivity index (χ0v) is 33.9. The average molecular weight is 767 g/mol. The van der Waals surface area contributed by atoms with E-state index < -0.39 is 51.3 Å². The van der Waals surface area contributed by atoms with Crippen molar-refractivity contribution >= 4 is 55.0 Å². The number of alkyl halides is 2. The summed E-state index contributed by atoms with van der Waals surface area (Å²) in [5.74, 6) is -0.754. The van der Waals surface area contributed by atoms with Gasteiger partial charge in [-0.1, -0.05) is 193 Å². The van der Waals surface area contributed by atoms with Crippen LogP contribution in [0.1, 0.15) is 51.9 Å². The highest BCUT2D eigenvalue weighted by molar-refractivity contribution is 7.00. The number of esters is 1. The summed E-state index contributed by atoms with van der Waals surface area (Å²) in [5.41, 5.74) is 0.250. The van der Waals surface area contributed by atoms with Crippen LogP contribution in [0.5, 0.6) is 0 Å². The molecule has 0 N–H and O–H groups in total. The molecule has 0 saturated carbocycles. The molecule has 5 nitrogen and oxygen atoms in total. The maximum Gasteiger partial charge on any atom is 0.340 e. The molecule has 0 bridgehead atoms. The third-order valence-corrected chi connectivity index (χ3v) is 20.6. The lowest BCUT2D eigenvalue weighted by atomic mass is 10.1. The molecule has 1 heterocycles. The number of carbonyl (C=O) groups is 1. The Morgan fingerprint density at radius 2 is 1.00 bits per heavy atom. The molecule has 5 aromatic rings. The summed E-state index contributed by atoms with van der Waals surface area (Å²) in [6.45, 7) is 12.8. The second-order valence-corrected chi connectivity index (χ2v) is 24.8. The van der Waals surface area contributed by atoms with Gasteiger partial charge in [-0.05, 0) is 43.0 Å². The van der Waals surface area contributed by atoms with Crippen molar-refractivity contribution in [3.63, 3.8) is 0 Å². The third kappa shape index (κ3) is 7.46. The smallest absolute Gasteiger partial charge is 0.340 e. The Kier molecular flexibility index (Phi) is 11.3. The van der Waals surface area contributed by atoms with Gasteiger partial charge in [0.2, 0.25) is 0 Å². The molecule has 1 aliphatic heterocycles. The Morgan fingerprint density at radius 1 is 0.642 bits per heavy atom. The molecule has 4 unspecified atom stereocenters. The quantitative estimate of drug-likeness (QED) is 0.0776.